The van der Waals surface area contributed by atoms with Gasteiger partial charge in [0, 0.05) is 12.1 Å². The van der Waals surface area contributed by atoms with Crippen molar-refractivity contribution in [3.63, 3.8) is 0 Å². The van der Waals surface area contributed by atoms with Gasteiger partial charge in [-0.1, -0.05) is 18.2 Å². The number of halogens is 1. The van der Waals surface area contributed by atoms with Gasteiger partial charge in [0.2, 0.25) is 0 Å². The monoisotopic (exact) mass is 317 g/mol. The molecule has 0 aliphatic carbocycles. The number of hydrogen-bond acceptors (Lipinski definition) is 3. The second kappa shape index (κ2) is 8.17. The zero-order chi connectivity index (χ0) is 16.7. The van der Waals surface area contributed by atoms with E-state index in [0.29, 0.717) is 19.6 Å². The third kappa shape index (κ3) is 4.45. The number of para-hydroxylation sites is 1. The quantitative estimate of drug-likeness (QED) is 0.853. The number of hydrogen-bond donors (Lipinski definition) is 1. The van der Waals surface area contributed by atoms with Crippen molar-refractivity contribution in [1.82, 2.24) is 5.32 Å². The van der Waals surface area contributed by atoms with Gasteiger partial charge in [0.1, 0.15) is 5.75 Å². The lowest BCUT2D eigenvalue weighted by atomic mass is 10.1. The van der Waals surface area contributed by atoms with Gasteiger partial charge in [-0.05, 0) is 43.2 Å². The van der Waals surface area contributed by atoms with Crippen molar-refractivity contribution in [2.75, 3.05) is 20.3 Å². The van der Waals surface area contributed by atoms with Crippen LogP contribution in [0.1, 0.15) is 22.8 Å². The highest BCUT2D eigenvalue weighted by molar-refractivity contribution is 5.94. The van der Waals surface area contributed by atoms with E-state index in [1.807, 2.05) is 24.3 Å². The summed E-state index contributed by atoms with van der Waals surface area (Å²) >= 11 is 0. The van der Waals surface area contributed by atoms with Crippen molar-refractivity contribution >= 4 is 5.91 Å². The molecule has 0 bridgehead atoms. The number of methoxy groups -OCH3 is 1. The maximum atomic E-state index is 13.8. The van der Waals surface area contributed by atoms with Gasteiger partial charge in [-0.25, -0.2) is 4.39 Å². The molecule has 0 heterocycles. The second-order valence-electron chi connectivity index (χ2n) is 4.90. The van der Waals surface area contributed by atoms with Crippen LogP contribution in [0, 0.1) is 5.82 Å². The van der Waals surface area contributed by atoms with Crippen molar-refractivity contribution in [3.8, 4) is 11.5 Å². The Balaban J connectivity index is 1.93. The van der Waals surface area contributed by atoms with Crippen LogP contribution >= 0.6 is 0 Å². The molecule has 0 unspecified atom stereocenters. The third-order valence-electron chi connectivity index (χ3n) is 3.37. The highest BCUT2D eigenvalue weighted by atomic mass is 19.1. The molecule has 1 amide bonds. The Kier molecular flexibility index (Phi) is 5.97. The Morgan fingerprint density at radius 3 is 2.65 bits per heavy atom. The molecule has 0 aliphatic rings. The third-order valence-corrected chi connectivity index (χ3v) is 3.37. The summed E-state index contributed by atoms with van der Waals surface area (Å²) in [5.74, 6) is 0.0815. The number of benzene rings is 2. The van der Waals surface area contributed by atoms with E-state index < -0.39 is 5.82 Å². The molecule has 0 fully saturated rings. The first kappa shape index (κ1) is 16.8. The summed E-state index contributed by atoms with van der Waals surface area (Å²) in [5, 5.41) is 2.78. The topological polar surface area (TPSA) is 47.6 Å². The lowest BCUT2D eigenvalue weighted by molar-refractivity contribution is 0.0953. The normalized spacial score (nSPS) is 10.2. The van der Waals surface area contributed by atoms with E-state index in [-0.39, 0.29) is 17.2 Å². The molecular weight excluding hydrogens is 297 g/mol. The van der Waals surface area contributed by atoms with Crippen LogP contribution in [0.4, 0.5) is 4.39 Å². The van der Waals surface area contributed by atoms with Crippen LogP contribution in [0.25, 0.3) is 0 Å². The molecule has 2 aromatic carbocycles. The molecule has 0 saturated carbocycles. The lowest BCUT2D eigenvalue weighted by Crippen LogP contribution is -2.25. The SMILES string of the molecule is CCOc1ccc(C(=O)NCCc2ccccc2OC)cc1F. The fourth-order valence-electron chi connectivity index (χ4n) is 2.24. The van der Waals surface area contributed by atoms with Crippen molar-refractivity contribution in [1.29, 1.82) is 0 Å². The first-order valence-electron chi connectivity index (χ1n) is 7.48. The summed E-state index contributed by atoms with van der Waals surface area (Å²) in [4.78, 5) is 12.1. The molecular formula is C18H20FNO3. The van der Waals surface area contributed by atoms with Crippen molar-refractivity contribution in [2.45, 2.75) is 13.3 Å². The number of nitrogens with one attached hydrogen (secondary N) is 1. The molecule has 0 aliphatic heterocycles. The summed E-state index contributed by atoms with van der Waals surface area (Å²) in [6.45, 7) is 2.59. The smallest absolute Gasteiger partial charge is 0.251 e. The molecule has 0 saturated heterocycles. The largest absolute Gasteiger partial charge is 0.496 e. The van der Waals surface area contributed by atoms with Gasteiger partial charge < -0.3 is 14.8 Å². The lowest BCUT2D eigenvalue weighted by Gasteiger charge is -2.10. The highest BCUT2D eigenvalue weighted by Gasteiger charge is 2.10. The first-order chi connectivity index (χ1) is 11.2. The van der Waals surface area contributed by atoms with Gasteiger partial charge in [0.05, 0.1) is 13.7 Å². The van der Waals surface area contributed by atoms with Crippen molar-refractivity contribution in [2.24, 2.45) is 0 Å². The summed E-state index contributed by atoms with van der Waals surface area (Å²) in [6.07, 6.45) is 0.634. The molecule has 2 rings (SSSR count). The molecule has 2 aromatic rings. The van der Waals surface area contributed by atoms with Crippen LogP contribution in [-0.2, 0) is 6.42 Å². The molecule has 0 aromatic heterocycles. The zero-order valence-corrected chi connectivity index (χ0v) is 13.3. The van der Waals surface area contributed by atoms with Gasteiger partial charge in [-0.3, -0.25) is 4.79 Å². The Labute approximate surface area is 135 Å². The maximum Gasteiger partial charge on any atom is 0.251 e. The number of carbonyl (C=O) groups is 1. The Morgan fingerprint density at radius 1 is 1.17 bits per heavy atom. The summed E-state index contributed by atoms with van der Waals surface area (Å²) in [5.41, 5.74) is 1.28. The second-order valence-corrected chi connectivity index (χ2v) is 4.90. The van der Waals surface area contributed by atoms with Crippen molar-refractivity contribution in [3.05, 3.63) is 59.4 Å². The van der Waals surface area contributed by atoms with Crippen LogP contribution in [0.15, 0.2) is 42.5 Å². The Hall–Kier alpha value is -2.56. The summed E-state index contributed by atoms with van der Waals surface area (Å²) < 4.78 is 24.1. The predicted molar refractivity (Wildman–Crippen MR) is 86.6 cm³/mol. The molecule has 0 atom stereocenters. The van der Waals surface area contributed by atoms with E-state index in [9.17, 15) is 9.18 Å². The van der Waals surface area contributed by atoms with Gasteiger partial charge >= 0.3 is 0 Å². The van der Waals surface area contributed by atoms with Crippen molar-refractivity contribution < 1.29 is 18.7 Å². The van der Waals surface area contributed by atoms with Crippen LogP contribution in [0.2, 0.25) is 0 Å². The average molecular weight is 317 g/mol. The van der Waals surface area contributed by atoms with E-state index in [1.54, 1.807) is 20.1 Å². The molecule has 4 nitrogen and oxygen atoms in total. The van der Waals surface area contributed by atoms with E-state index in [0.717, 1.165) is 11.3 Å². The number of amides is 1. The van der Waals surface area contributed by atoms with Gasteiger partial charge in [0.25, 0.3) is 5.91 Å². The Bertz CT molecular complexity index is 673. The maximum absolute atomic E-state index is 13.8. The highest BCUT2D eigenvalue weighted by Crippen LogP contribution is 2.19. The Morgan fingerprint density at radius 2 is 1.96 bits per heavy atom. The summed E-state index contributed by atoms with van der Waals surface area (Å²) in [7, 11) is 1.61. The molecule has 0 spiro atoms. The van der Waals surface area contributed by atoms with Crippen LogP contribution in [0.5, 0.6) is 11.5 Å². The molecule has 23 heavy (non-hydrogen) atoms. The molecule has 122 valence electrons. The van der Waals surface area contributed by atoms with Gasteiger partial charge in [-0.2, -0.15) is 0 Å². The van der Waals surface area contributed by atoms with Crippen LogP contribution in [0.3, 0.4) is 0 Å². The number of carbonyl (C=O) groups excluding carboxylic acids is 1. The van der Waals surface area contributed by atoms with E-state index in [4.69, 9.17) is 9.47 Å². The fourth-order valence-corrected chi connectivity index (χ4v) is 2.24. The minimum atomic E-state index is -0.538. The molecule has 5 heteroatoms. The minimum Gasteiger partial charge on any atom is -0.496 e. The van der Waals surface area contributed by atoms with E-state index in [2.05, 4.69) is 5.32 Å². The fraction of sp³-hybridized carbons (Fsp3) is 0.278. The van der Waals surface area contributed by atoms with Gasteiger partial charge in [0.15, 0.2) is 11.6 Å². The minimum absolute atomic E-state index is 0.151. The first-order valence-corrected chi connectivity index (χ1v) is 7.48. The van der Waals surface area contributed by atoms with Gasteiger partial charge in [-0.15, -0.1) is 0 Å². The van der Waals surface area contributed by atoms with E-state index >= 15 is 0 Å². The predicted octanol–water partition coefficient (Wildman–Crippen LogP) is 3.21. The zero-order valence-electron chi connectivity index (χ0n) is 13.3. The average Bonchev–Trinajstić information content (AvgIpc) is 2.57. The van der Waals surface area contributed by atoms with E-state index in [1.165, 1.54) is 12.1 Å². The van der Waals surface area contributed by atoms with Crippen LogP contribution in [-0.4, -0.2) is 26.2 Å². The number of ether oxygens (including phenoxy) is 2. The summed E-state index contributed by atoms with van der Waals surface area (Å²) in [6, 6.07) is 11.8. The number of rotatable bonds is 7. The molecule has 0 radical (unpaired) electrons. The standard InChI is InChI=1S/C18H20FNO3/c1-3-23-17-9-8-14(12-15(17)19)18(21)20-11-10-13-6-4-5-7-16(13)22-2/h4-9,12H,3,10-11H2,1-2H3,(H,20,21). The molecule has 1 N–H and O–H groups in total. The van der Waals surface area contributed by atoms with Crippen LogP contribution < -0.4 is 14.8 Å².